The lowest BCUT2D eigenvalue weighted by Crippen LogP contribution is -2.20. The summed E-state index contributed by atoms with van der Waals surface area (Å²) in [6.45, 7) is 0. The molecule has 0 fully saturated rings. The number of fused-ring (bicyclic) bond motifs is 2. The van der Waals surface area contributed by atoms with Crippen molar-refractivity contribution < 1.29 is 22.7 Å². The Labute approximate surface area is 194 Å². The molecule has 35 heavy (non-hydrogen) atoms. The summed E-state index contributed by atoms with van der Waals surface area (Å²) in [5.74, 6) is 0.683. The highest BCUT2D eigenvalue weighted by atomic mass is 19.4. The van der Waals surface area contributed by atoms with Gasteiger partial charge in [-0.1, -0.05) is 6.07 Å². The van der Waals surface area contributed by atoms with E-state index in [1.807, 2.05) is 0 Å². The smallest absolute Gasteiger partial charge is 0.416 e. The van der Waals surface area contributed by atoms with Crippen molar-refractivity contribution in [1.82, 2.24) is 19.9 Å². The van der Waals surface area contributed by atoms with Crippen LogP contribution in [-0.2, 0) is 6.18 Å². The van der Waals surface area contributed by atoms with Gasteiger partial charge in [0.1, 0.15) is 11.0 Å². The fourth-order valence-corrected chi connectivity index (χ4v) is 3.51. The summed E-state index contributed by atoms with van der Waals surface area (Å²) in [7, 11) is 0. The summed E-state index contributed by atoms with van der Waals surface area (Å²) >= 11 is 0. The van der Waals surface area contributed by atoms with Gasteiger partial charge in [0.2, 0.25) is 0 Å². The Hall–Kier alpha value is -4.87. The first kappa shape index (κ1) is 21.9. The summed E-state index contributed by atoms with van der Waals surface area (Å²) in [6.07, 6.45) is -1.51. The molecule has 0 spiro atoms. The van der Waals surface area contributed by atoms with Crippen molar-refractivity contribution in [3.63, 3.8) is 0 Å². The Bertz CT molecular complexity index is 1630. The fraction of sp³-hybridized carbons (Fsp3) is 0.0435. The van der Waals surface area contributed by atoms with Gasteiger partial charge in [-0.05, 0) is 42.5 Å². The number of imidazole rings is 1. The Morgan fingerprint density at radius 1 is 0.914 bits per heavy atom. The molecular weight excluding hydrogens is 465 g/mol. The van der Waals surface area contributed by atoms with E-state index in [0.717, 1.165) is 12.1 Å². The van der Waals surface area contributed by atoms with Crippen LogP contribution >= 0.6 is 0 Å². The van der Waals surface area contributed by atoms with Crippen LogP contribution < -0.4 is 21.1 Å². The maximum atomic E-state index is 12.9. The minimum atomic E-state index is -4.53. The van der Waals surface area contributed by atoms with Gasteiger partial charge >= 0.3 is 17.9 Å². The number of carbonyl (C=O) groups is 1. The first-order valence-electron chi connectivity index (χ1n) is 10.2. The molecule has 12 heteroatoms. The number of halogens is 3. The van der Waals surface area contributed by atoms with Crippen molar-refractivity contribution in [1.29, 1.82) is 0 Å². The molecule has 0 unspecified atom stereocenters. The second-order valence-corrected chi connectivity index (χ2v) is 7.38. The standard InChI is InChI=1S/C23H15F3N6O3/c24-23(25,26)12-3-1-4-13(11-12)29-21(33)30-15-6-7-16(18-14(15)5-2-9-27-18)35-17-8-10-28-20-19(17)31-22(34)32-20/h1-11H,(H2,29,30,33)(H2,28,31,32,34). The van der Waals surface area contributed by atoms with Gasteiger partial charge in [-0.2, -0.15) is 13.2 Å². The Morgan fingerprint density at radius 2 is 1.77 bits per heavy atom. The lowest BCUT2D eigenvalue weighted by Gasteiger charge is -2.14. The molecule has 0 radical (unpaired) electrons. The number of H-pyrrole nitrogens is 2. The van der Waals surface area contributed by atoms with E-state index in [2.05, 4.69) is 30.6 Å². The molecule has 0 saturated heterocycles. The zero-order chi connectivity index (χ0) is 24.6. The highest BCUT2D eigenvalue weighted by molar-refractivity contribution is 6.06. The van der Waals surface area contributed by atoms with Crippen molar-refractivity contribution in [2.45, 2.75) is 6.18 Å². The highest BCUT2D eigenvalue weighted by Gasteiger charge is 2.30. The van der Waals surface area contributed by atoms with E-state index < -0.39 is 23.5 Å². The molecule has 0 aliphatic rings. The molecule has 3 aromatic heterocycles. The van der Waals surface area contributed by atoms with E-state index in [9.17, 15) is 22.8 Å². The van der Waals surface area contributed by atoms with E-state index in [1.165, 1.54) is 18.3 Å². The van der Waals surface area contributed by atoms with Crippen molar-refractivity contribution >= 4 is 39.5 Å². The SMILES string of the molecule is O=C(Nc1cccc(C(F)(F)F)c1)Nc1ccc(Oc2ccnc3[nH]c(=O)[nH]c23)c2ncccc12. The molecule has 9 nitrogen and oxygen atoms in total. The molecule has 2 amide bonds. The number of aromatic nitrogens is 4. The summed E-state index contributed by atoms with van der Waals surface area (Å²) in [6, 6.07) is 11.7. The van der Waals surface area contributed by atoms with Crippen LogP contribution in [0.25, 0.3) is 22.1 Å². The van der Waals surface area contributed by atoms with Crippen LogP contribution in [0, 0.1) is 0 Å². The molecule has 176 valence electrons. The predicted octanol–water partition coefficient (Wildman–Crippen LogP) is 5.25. The third-order valence-electron chi connectivity index (χ3n) is 5.03. The number of carbonyl (C=O) groups excluding carboxylic acids is 1. The molecule has 0 bridgehead atoms. The lowest BCUT2D eigenvalue weighted by atomic mass is 10.1. The number of amides is 2. The summed E-state index contributed by atoms with van der Waals surface area (Å²) in [4.78, 5) is 37.7. The number of rotatable bonds is 4. The minimum Gasteiger partial charge on any atom is -0.453 e. The van der Waals surface area contributed by atoms with Gasteiger partial charge in [0.05, 0.1) is 11.3 Å². The molecule has 5 rings (SSSR count). The number of hydrogen-bond acceptors (Lipinski definition) is 5. The van der Waals surface area contributed by atoms with Crippen molar-refractivity contribution in [2.24, 2.45) is 0 Å². The van der Waals surface area contributed by atoms with Crippen LogP contribution in [-0.4, -0.2) is 26.0 Å². The zero-order valence-electron chi connectivity index (χ0n) is 17.6. The van der Waals surface area contributed by atoms with Gasteiger partial charge in [0.25, 0.3) is 0 Å². The van der Waals surface area contributed by atoms with Gasteiger partial charge in [0.15, 0.2) is 17.1 Å². The molecule has 4 N–H and O–H groups in total. The summed E-state index contributed by atoms with van der Waals surface area (Å²) < 4.78 is 44.8. The van der Waals surface area contributed by atoms with Gasteiger partial charge in [-0.25, -0.2) is 14.6 Å². The fourth-order valence-electron chi connectivity index (χ4n) is 3.51. The van der Waals surface area contributed by atoms with Crippen LogP contribution in [0.4, 0.5) is 29.3 Å². The maximum absolute atomic E-state index is 12.9. The Kier molecular flexibility index (Phi) is 5.32. The van der Waals surface area contributed by atoms with Gasteiger partial charge < -0.3 is 20.4 Å². The lowest BCUT2D eigenvalue weighted by molar-refractivity contribution is -0.137. The topological polar surface area (TPSA) is 125 Å². The van der Waals surface area contributed by atoms with Crippen molar-refractivity contribution in [3.05, 3.63) is 83.0 Å². The molecule has 0 aliphatic carbocycles. The van der Waals surface area contributed by atoms with Gasteiger partial charge in [0, 0.05) is 29.5 Å². The maximum Gasteiger partial charge on any atom is 0.416 e. The quantitative estimate of drug-likeness (QED) is 0.280. The predicted molar refractivity (Wildman–Crippen MR) is 123 cm³/mol. The number of nitrogens with one attached hydrogen (secondary N) is 4. The minimum absolute atomic E-state index is 0.0121. The third-order valence-corrected chi connectivity index (χ3v) is 5.03. The van der Waals surface area contributed by atoms with Crippen LogP contribution in [0.5, 0.6) is 11.5 Å². The molecule has 2 aromatic carbocycles. The number of ether oxygens (including phenoxy) is 1. The van der Waals surface area contributed by atoms with Crippen molar-refractivity contribution in [3.8, 4) is 11.5 Å². The Morgan fingerprint density at radius 3 is 2.60 bits per heavy atom. The van der Waals surface area contributed by atoms with Gasteiger partial charge in [-0.3, -0.25) is 9.97 Å². The number of pyridine rings is 2. The molecule has 0 atom stereocenters. The molecule has 5 aromatic rings. The number of alkyl halides is 3. The normalized spacial score (nSPS) is 11.5. The molecule has 0 saturated carbocycles. The first-order chi connectivity index (χ1) is 16.8. The van der Waals surface area contributed by atoms with E-state index in [-0.39, 0.29) is 5.69 Å². The molecule has 0 aliphatic heterocycles. The number of benzene rings is 2. The Balaban J connectivity index is 1.42. The average Bonchev–Trinajstić information content (AvgIpc) is 3.21. The largest absolute Gasteiger partial charge is 0.453 e. The van der Waals surface area contributed by atoms with E-state index >= 15 is 0 Å². The number of urea groups is 1. The zero-order valence-corrected chi connectivity index (χ0v) is 17.6. The van der Waals surface area contributed by atoms with Crippen LogP contribution in [0.3, 0.4) is 0 Å². The second kappa shape index (κ2) is 8.48. The molecular formula is C23H15F3N6O3. The van der Waals surface area contributed by atoms with Gasteiger partial charge in [-0.15, -0.1) is 0 Å². The number of hydrogen-bond donors (Lipinski definition) is 4. The second-order valence-electron chi connectivity index (χ2n) is 7.38. The monoisotopic (exact) mass is 480 g/mol. The van der Waals surface area contributed by atoms with Crippen molar-refractivity contribution in [2.75, 3.05) is 10.6 Å². The van der Waals surface area contributed by atoms with E-state index in [1.54, 1.807) is 36.5 Å². The number of nitrogens with zero attached hydrogens (tertiary/aromatic N) is 2. The van der Waals surface area contributed by atoms with E-state index in [0.29, 0.717) is 39.3 Å². The van der Waals surface area contributed by atoms with Crippen LogP contribution in [0.15, 0.2) is 71.8 Å². The number of aromatic amines is 2. The van der Waals surface area contributed by atoms with Crippen LogP contribution in [0.1, 0.15) is 5.56 Å². The van der Waals surface area contributed by atoms with E-state index in [4.69, 9.17) is 4.74 Å². The van der Waals surface area contributed by atoms with Crippen LogP contribution in [0.2, 0.25) is 0 Å². The number of anilines is 2. The summed E-state index contributed by atoms with van der Waals surface area (Å²) in [5, 5.41) is 5.55. The summed E-state index contributed by atoms with van der Waals surface area (Å²) in [5.41, 5.74) is 0.158. The average molecular weight is 480 g/mol. The molecule has 3 heterocycles. The first-order valence-corrected chi connectivity index (χ1v) is 10.2. The highest BCUT2D eigenvalue weighted by Crippen LogP contribution is 2.35. The third kappa shape index (κ3) is 4.49.